The first-order valence-electron chi connectivity index (χ1n) is 5.41. The van der Waals surface area contributed by atoms with E-state index in [1.54, 1.807) is 20.4 Å². The summed E-state index contributed by atoms with van der Waals surface area (Å²) in [5.74, 6) is 1.41. The number of benzene rings is 1. The van der Waals surface area contributed by atoms with Gasteiger partial charge in [-0.1, -0.05) is 12.2 Å². The lowest BCUT2D eigenvalue weighted by molar-refractivity contribution is 0.355. The second-order valence-corrected chi connectivity index (χ2v) is 3.30. The van der Waals surface area contributed by atoms with E-state index in [0.29, 0.717) is 11.5 Å². The molecule has 1 aromatic carbocycles. The molecule has 0 radical (unpaired) electrons. The molecule has 0 fully saturated rings. The monoisotopic (exact) mass is 234 g/mol. The maximum absolute atomic E-state index is 5.20. The summed E-state index contributed by atoms with van der Waals surface area (Å²) < 4.78 is 10.4. The molecule has 0 bridgehead atoms. The molecule has 0 amide bonds. The first kappa shape index (κ1) is 13.1. The summed E-state index contributed by atoms with van der Waals surface area (Å²) in [6, 6.07) is 5.65. The van der Waals surface area contributed by atoms with Crippen LogP contribution in [-0.2, 0) is 0 Å². The van der Waals surface area contributed by atoms with E-state index in [-0.39, 0.29) is 0 Å². The molecule has 4 nitrogen and oxygen atoms in total. The van der Waals surface area contributed by atoms with Crippen molar-refractivity contribution in [3.05, 3.63) is 35.9 Å². The van der Waals surface area contributed by atoms with Crippen molar-refractivity contribution in [1.29, 1.82) is 0 Å². The van der Waals surface area contributed by atoms with Gasteiger partial charge in [0.15, 0.2) is 11.5 Å². The lowest BCUT2D eigenvalue weighted by Gasteiger charge is -2.07. The summed E-state index contributed by atoms with van der Waals surface area (Å²) in [5, 5.41) is 4.09. The second kappa shape index (κ2) is 7.33. The molecule has 0 atom stereocenters. The molecule has 0 saturated carbocycles. The fraction of sp³-hybridized carbons (Fsp3) is 0.308. The van der Waals surface area contributed by atoms with Gasteiger partial charge in [0, 0.05) is 0 Å². The van der Waals surface area contributed by atoms with E-state index < -0.39 is 0 Å². The van der Waals surface area contributed by atoms with Crippen molar-refractivity contribution < 1.29 is 9.47 Å². The van der Waals surface area contributed by atoms with E-state index in [4.69, 9.17) is 9.47 Å². The SMILES string of the molecule is C/C=C/CN/N=C/c1ccc(OC)c(OC)c1. The fourth-order valence-corrected chi connectivity index (χ4v) is 1.28. The Balaban J connectivity index is 2.65. The van der Waals surface area contributed by atoms with Gasteiger partial charge in [-0.3, -0.25) is 0 Å². The van der Waals surface area contributed by atoms with E-state index in [1.807, 2.05) is 37.3 Å². The van der Waals surface area contributed by atoms with E-state index in [1.165, 1.54) is 0 Å². The minimum absolute atomic E-state index is 0.699. The number of nitrogens with zero attached hydrogens (tertiary/aromatic N) is 1. The van der Waals surface area contributed by atoms with Crippen LogP contribution in [0.5, 0.6) is 11.5 Å². The van der Waals surface area contributed by atoms with Crippen LogP contribution in [0, 0.1) is 0 Å². The summed E-state index contributed by atoms with van der Waals surface area (Å²) in [5.41, 5.74) is 3.87. The molecular weight excluding hydrogens is 216 g/mol. The molecule has 92 valence electrons. The number of hydrogen-bond acceptors (Lipinski definition) is 4. The van der Waals surface area contributed by atoms with Gasteiger partial charge >= 0.3 is 0 Å². The minimum Gasteiger partial charge on any atom is -0.493 e. The third-order valence-electron chi connectivity index (χ3n) is 2.16. The Hall–Kier alpha value is -1.97. The summed E-state index contributed by atoms with van der Waals surface area (Å²) in [7, 11) is 3.23. The van der Waals surface area contributed by atoms with Gasteiger partial charge in [0.25, 0.3) is 0 Å². The quantitative estimate of drug-likeness (QED) is 0.355. The number of rotatable bonds is 6. The number of hydrazone groups is 1. The average molecular weight is 234 g/mol. The molecule has 0 aliphatic rings. The standard InChI is InChI=1S/C13H18N2O2/c1-4-5-8-14-15-10-11-6-7-12(16-2)13(9-11)17-3/h4-7,9-10,14H,8H2,1-3H3/b5-4+,15-10+. The molecule has 1 N–H and O–H groups in total. The Morgan fingerprint density at radius 2 is 2.00 bits per heavy atom. The topological polar surface area (TPSA) is 42.9 Å². The van der Waals surface area contributed by atoms with Crippen molar-refractivity contribution in [2.45, 2.75) is 6.92 Å². The summed E-state index contributed by atoms with van der Waals surface area (Å²) in [4.78, 5) is 0. The van der Waals surface area contributed by atoms with Crippen LogP contribution in [0.1, 0.15) is 12.5 Å². The number of hydrogen-bond donors (Lipinski definition) is 1. The van der Waals surface area contributed by atoms with Gasteiger partial charge in [-0.25, -0.2) is 0 Å². The van der Waals surface area contributed by atoms with Gasteiger partial charge in [-0.2, -0.15) is 5.10 Å². The Morgan fingerprint density at radius 1 is 1.24 bits per heavy atom. The summed E-state index contributed by atoms with van der Waals surface area (Å²) in [6.45, 7) is 2.69. The molecule has 1 rings (SSSR count). The first-order valence-corrected chi connectivity index (χ1v) is 5.41. The van der Waals surface area contributed by atoms with Crippen molar-refractivity contribution in [2.24, 2.45) is 5.10 Å². The van der Waals surface area contributed by atoms with Gasteiger partial charge in [0.2, 0.25) is 0 Å². The third-order valence-corrected chi connectivity index (χ3v) is 2.16. The minimum atomic E-state index is 0.699. The summed E-state index contributed by atoms with van der Waals surface area (Å²) in [6.07, 6.45) is 5.70. The van der Waals surface area contributed by atoms with E-state index in [9.17, 15) is 0 Å². The highest BCUT2D eigenvalue weighted by Crippen LogP contribution is 2.26. The maximum Gasteiger partial charge on any atom is 0.161 e. The predicted octanol–water partition coefficient (Wildman–Crippen LogP) is 2.20. The predicted molar refractivity (Wildman–Crippen MR) is 70.0 cm³/mol. The van der Waals surface area contributed by atoms with Crippen molar-refractivity contribution in [3.8, 4) is 11.5 Å². The lowest BCUT2D eigenvalue weighted by atomic mass is 10.2. The average Bonchev–Trinajstić information content (AvgIpc) is 2.38. The van der Waals surface area contributed by atoms with Crippen molar-refractivity contribution in [3.63, 3.8) is 0 Å². The normalized spacial score (nSPS) is 11.0. The molecule has 0 aromatic heterocycles. The molecule has 0 unspecified atom stereocenters. The van der Waals surface area contributed by atoms with Crippen LogP contribution >= 0.6 is 0 Å². The Bertz CT molecular complexity index is 400. The molecule has 0 spiro atoms. The zero-order chi connectivity index (χ0) is 12.5. The Labute approximate surface area is 102 Å². The van der Waals surface area contributed by atoms with Crippen LogP contribution in [0.15, 0.2) is 35.5 Å². The molecule has 0 saturated heterocycles. The molecule has 4 heteroatoms. The number of nitrogens with one attached hydrogen (secondary N) is 1. The van der Waals surface area contributed by atoms with Crippen LogP contribution < -0.4 is 14.9 Å². The maximum atomic E-state index is 5.20. The first-order chi connectivity index (χ1) is 8.31. The van der Waals surface area contributed by atoms with Gasteiger partial charge in [0.1, 0.15) is 0 Å². The van der Waals surface area contributed by atoms with E-state index in [2.05, 4.69) is 10.5 Å². The lowest BCUT2D eigenvalue weighted by Crippen LogP contribution is -2.04. The summed E-state index contributed by atoms with van der Waals surface area (Å²) >= 11 is 0. The molecule has 0 heterocycles. The van der Waals surface area contributed by atoms with Crippen LogP contribution in [0.3, 0.4) is 0 Å². The highest BCUT2D eigenvalue weighted by atomic mass is 16.5. The highest BCUT2D eigenvalue weighted by molar-refractivity contribution is 5.80. The van der Waals surface area contributed by atoms with Crippen LogP contribution in [0.2, 0.25) is 0 Å². The van der Waals surface area contributed by atoms with Crippen LogP contribution in [0.4, 0.5) is 0 Å². The van der Waals surface area contributed by atoms with Crippen molar-refractivity contribution in [1.82, 2.24) is 5.43 Å². The van der Waals surface area contributed by atoms with Crippen molar-refractivity contribution >= 4 is 6.21 Å². The largest absolute Gasteiger partial charge is 0.493 e. The number of methoxy groups -OCH3 is 2. The van der Waals surface area contributed by atoms with Gasteiger partial charge in [0.05, 0.1) is 27.0 Å². The number of allylic oxidation sites excluding steroid dienone is 1. The van der Waals surface area contributed by atoms with Gasteiger partial charge in [-0.05, 0) is 30.7 Å². The molecule has 0 aliphatic heterocycles. The van der Waals surface area contributed by atoms with Crippen molar-refractivity contribution in [2.75, 3.05) is 20.8 Å². The molecule has 17 heavy (non-hydrogen) atoms. The molecule has 0 aliphatic carbocycles. The van der Waals surface area contributed by atoms with Crippen LogP contribution in [-0.4, -0.2) is 27.0 Å². The zero-order valence-electron chi connectivity index (χ0n) is 10.4. The fourth-order valence-electron chi connectivity index (χ4n) is 1.28. The second-order valence-electron chi connectivity index (χ2n) is 3.30. The van der Waals surface area contributed by atoms with E-state index >= 15 is 0 Å². The Kier molecular flexibility index (Phi) is 5.64. The Morgan fingerprint density at radius 3 is 2.65 bits per heavy atom. The van der Waals surface area contributed by atoms with Gasteiger partial charge < -0.3 is 14.9 Å². The molecule has 1 aromatic rings. The third kappa shape index (κ3) is 4.18. The van der Waals surface area contributed by atoms with Gasteiger partial charge in [-0.15, -0.1) is 0 Å². The zero-order valence-corrected chi connectivity index (χ0v) is 10.4. The highest BCUT2D eigenvalue weighted by Gasteiger charge is 2.02. The number of ether oxygens (including phenoxy) is 2. The molecular formula is C13H18N2O2. The van der Waals surface area contributed by atoms with Crippen LogP contribution in [0.25, 0.3) is 0 Å². The smallest absolute Gasteiger partial charge is 0.161 e. The van der Waals surface area contributed by atoms with E-state index in [0.717, 1.165) is 12.1 Å².